The summed E-state index contributed by atoms with van der Waals surface area (Å²) in [5.41, 5.74) is 4.30. The zero-order chi connectivity index (χ0) is 28.0. The summed E-state index contributed by atoms with van der Waals surface area (Å²) in [6.45, 7) is 3.30. The Hall–Kier alpha value is -4.65. The van der Waals surface area contributed by atoms with Crippen LogP contribution in [0.2, 0.25) is 0 Å². The number of pyridine rings is 1. The predicted octanol–water partition coefficient (Wildman–Crippen LogP) is 4.89. The average molecular weight is 537 g/mol. The lowest BCUT2D eigenvalue weighted by Gasteiger charge is -2.39. The van der Waals surface area contributed by atoms with Crippen molar-refractivity contribution in [3.05, 3.63) is 71.9 Å². The number of ether oxygens (including phenoxy) is 1. The molecule has 1 aromatic carbocycles. The molecule has 0 N–H and O–H groups in total. The maximum atomic E-state index is 12.2. The minimum Gasteiger partial charge on any atom is -0.450 e. The summed E-state index contributed by atoms with van der Waals surface area (Å²) < 4.78 is 6.94. The van der Waals surface area contributed by atoms with Crippen molar-refractivity contribution in [3.63, 3.8) is 0 Å². The fraction of sp³-hybridized carbons (Fsp3) is 0.367. The molecule has 0 unspecified atom stereocenters. The number of allylic oxidation sites excluding steroid dienone is 2. The topological polar surface area (TPSA) is 122 Å². The number of piperidine rings is 1. The number of nitrogens with zero attached hydrogens (tertiary/aromatic N) is 8. The fourth-order valence-electron chi connectivity index (χ4n) is 5.20. The molecule has 0 spiro atoms. The van der Waals surface area contributed by atoms with Crippen molar-refractivity contribution in [2.45, 2.75) is 39.0 Å². The highest BCUT2D eigenvalue weighted by atomic mass is 16.6. The van der Waals surface area contributed by atoms with Crippen molar-refractivity contribution in [1.82, 2.24) is 29.5 Å². The Labute approximate surface area is 233 Å². The summed E-state index contributed by atoms with van der Waals surface area (Å²) in [7, 11) is 1.72. The zero-order valence-electron chi connectivity index (χ0n) is 22.8. The first kappa shape index (κ1) is 26.9. The molecule has 10 nitrogen and oxygen atoms in total. The van der Waals surface area contributed by atoms with Gasteiger partial charge in [0.2, 0.25) is 0 Å². The minimum absolute atomic E-state index is 0.229. The van der Waals surface area contributed by atoms with E-state index < -0.39 is 0 Å². The second kappa shape index (κ2) is 12.0. The Morgan fingerprint density at radius 3 is 2.80 bits per heavy atom. The van der Waals surface area contributed by atoms with Crippen LogP contribution < -0.4 is 0 Å². The summed E-state index contributed by atoms with van der Waals surface area (Å²) >= 11 is 0. The first-order valence-electron chi connectivity index (χ1n) is 13.5. The van der Waals surface area contributed by atoms with E-state index in [1.807, 2.05) is 18.3 Å². The van der Waals surface area contributed by atoms with Crippen molar-refractivity contribution in [2.24, 2.45) is 10.4 Å². The van der Waals surface area contributed by atoms with Gasteiger partial charge in [0.15, 0.2) is 0 Å². The Morgan fingerprint density at radius 2 is 2.02 bits per heavy atom. The van der Waals surface area contributed by atoms with Gasteiger partial charge in [0.1, 0.15) is 5.69 Å². The summed E-state index contributed by atoms with van der Waals surface area (Å²) in [5.74, 6) is 0.529. The van der Waals surface area contributed by atoms with Gasteiger partial charge < -0.3 is 9.64 Å². The second-order valence-electron chi connectivity index (χ2n) is 10.1. The number of amides is 1. The SMILES string of the molecule is CCOC(=O)N1CCC(CC#N)(CC=C(C=NC)c2cnc3ncc(Cc4ccc5ncccc5c4)n3n2)CC1. The number of fused-ring (bicyclic) bond motifs is 2. The van der Waals surface area contributed by atoms with Gasteiger partial charge in [-0.2, -0.15) is 10.4 Å². The normalized spacial score (nSPS) is 15.5. The Bertz CT molecular complexity index is 1610. The van der Waals surface area contributed by atoms with Gasteiger partial charge in [-0.1, -0.05) is 18.2 Å². The van der Waals surface area contributed by atoms with Gasteiger partial charge in [0.25, 0.3) is 5.78 Å². The molecule has 1 aliphatic heterocycles. The summed E-state index contributed by atoms with van der Waals surface area (Å²) in [6.07, 6.45) is 12.1. The predicted molar refractivity (Wildman–Crippen MR) is 153 cm³/mol. The number of aliphatic imine (C=N–C) groups is 1. The molecule has 10 heteroatoms. The number of hydrogen-bond acceptors (Lipinski definition) is 8. The van der Waals surface area contributed by atoms with Crippen LogP contribution in [0.4, 0.5) is 4.79 Å². The Balaban J connectivity index is 1.39. The molecular formula is C30H32N8O2. The van der Waals surface area contributed by atoms with Crippen molar-refractivity contribution in [3.8, 4) is 6.07 Å². The highest BCUT2D eigenvalue weighted by Gasteiger charge is 2.35. The van der Waals surface area contributed by atoms with Gasteiger partial charge in [0, 0.05) is 56.3 Å². The molecule has 1 fully saturated rings. The van der Waals surface area contributed by atoms with Crippen LogP contribution in [-0.2, 0) is 11.2 Å². The lowest BCUT2D eigenvalue weighted by atomic mass is 9.73. The fourth-order valence-corrected chi connectivity index (χ4v) is 5.20. The van der Waals surface area contributed by atoms with E-state index >= 15 is 0 Å². The molecule has 0 atom stereocenters. The third-order valence-corrected chi connectivity index (χ3v) is 7.48. The van der Waals surface area contributed by atoms with Crippen LogP contribution in [0.3, 0.4) is 0 Å². The van der Waals surface area contributed by atoms with Crippen LogP contribution in [0, 0.1) is 16.7 Å². The standard InChI is InChI=1S/C30H32N8O2/c1-3-40-29(39)37-15-11-30(10-13-31,12-16-37)9-8-24(19-32-2)27-21-35-28-34-20-25(38(28)36-27)18-22-6-7-26-23(17-22)5-4-14-33-26/h4-8,14,17,19-21H,3,9-12,15-16,18H2,1-2H3. The van der Waals surface area contributed by atoms with Crippen LogP contribution in [0.15, 0.2) is 60.0 Å². The monoisotopic (exact) mass is 536 g/mol. The van der Waals surface area contributed by atoms with Crippen LogP contribution >= 0.6 is 0 Å². The molecule has 0 aliphatic carbocycles. The van der Waals surface area contributed by atoms with Crippen molar-refractivity contribution < 1.29 is 9.53 Å². The molecule has 204 valence electrons. The minimum atomic E-state index is -0.289. The third kappa shape index (κ3) is 5.83. The first-order valence-corrected chi connectivity index (χ1v) is 13.5. The van der Waals surface area contributed by atoms with Gasteiger partial charge >= 0.3 is 6.09 Å². The highest BCUT2D eigenvalue weighted by Crippen LogP contribution is 2.39. The molecule has 5 rings (SSSR count). The zero-order valence-corrected chi connectivity index (χ0v) is 22.8. The summed E-state index contributed by atoms with van der Waals surface area (Å²) in [4.78, 5) is 31.6. The summed E-state index contributed by atoms with van der Waals surface area (Å²) in [6, 6.07) is 12.6. The van der Waals surface area contributed by atoms with Crippen molar-refractivity contribution in [1.29, 1.82) is 5.26 Å². The number of aromatic nitrogens is 5. The molecule has 4 heterocycles. The molecule has 0 saturated carbocycles. The number of hydrogen-bond donors (Lipinski definition) is 0. The van der Waals surface area contributed by atoms with E-state index in [0.717, 1.165) is 40.6 Å². The molecular weight excluding hydrogens is 504 g/mol. The molecule has 3 aromatic heterocycles. The number of nitriles is 1. The molecule has 4 aromatic rings. The average Bonchev–Trinajstić information content (AvgIpc) is 3.37. The maximum absolute atomic E-state index is 12.2. The van der Waals surface area contributed by atoms with Gasteiger partial charge in [-0.15, -0.1) is 0 Å². The van der Waals surface area contributed by atoms with E-state index in [2.05, 4.69) is 50.3 Å². The number of carbonyl (C=O) groups is 1. The number of imidazole rings is 1. The molecule has 1 saturated heterocycles. The van der Waals surface area contributed by atoms with E-state index in [9.17, 15) is 10.1 Å². The Morgan fingerprint density at radius 1 is 1.20 bits per heavy atom. The lowest BCUT2D eigenvalue weighted by Crippen LogP contribution is -2.43. The highest BCUT2D eigenvalue weighted by molar-refractivity contribution is 6.08. The molecule has 0 radical (unpaired) electrons. The van der Waals surface area contributed by atoms with E-state index in [4.69, 9.17) is 9.84 Å². The van der Waals surface area contributed by atoms with Crippen LogP contribution in [0.25, 0.3) is 22.3 Å². The third-order valence-electron chi connectivity index (χ3n) is 7.48. The van der Waals surface area contributed by atoms with Gasteiger partial charge in [-0.05, 0) is 55.4 Å². The van der Waals surface area contributed by atoms with E-state index in [1.54, 1.807) is 42.0 Å². The largest absolute Gasteiger partial charge is 0.450 e. The number of carbonyl (C=O) groups excluding carboxylic acids is 1. The number of rotatable bonds is 8. The van der Waals surface area contributed by atoms with Crippen LogP contribution in [0.5, 0.6) is 0 Å². The van der Waals surface area contributed by atoms with Crippen LogP contribution in [0.1, 0.15) is 49.6 Å². The maximum Gasteiger partial charge on any atom is 0.409 e. The van der Waals surface area contributed by atoms with Gasteiger partial charge in [0.05, 0.1) is 36.3 Å². The smallest absolute Gasteiger partial charge is 0.409 e. The van der Waals surface area contributed by atoms with E-state index in [-0.39, 0.29) is 11.5 Å². The Kier molecular flexibility index (Phi) is 8.10. The molecule has 0 bridgehead atoms. The molecule has 1 amide bonds. The van der Waals surface area contributed by atoms with Gasteiger partial charge in [-0.3, -0.25) is 9.98 Å². The first-order chi connectivity index (χ1) is 19.5. The lowest BCUT2D eigenvalue weighted by molar-refractivity contribution is 0.0701. The number of benzene rings is 1. The van der Waals surface area contributed by atoms with Crippen LogP contribution in [-0.4, -0.2) is 68.5 Å². The summed E-state index contributed by atoms with van der Waals surface area (Å²) in [5, 5.41) is 15.6. The van der Waals surface area contributed by atoms with E-state index in [0.29, 0.717) is 50.4 Å². The molecule has 1 aliphatic rings. The molecule has 40 heavy (non-hydrogen) atoms. The van der Waals surface area contributed by atoms with Gasteiger partial charge in [-0.25, -0.2) is 19.3 Å². The quantitative estimate of drug-likeness (QED) is 0.294. The van der Waals surface area contributed by atoms with Crippen molar-refractivity contribution >= 4 is 34.6 Å². The van der Waals surface area contributed by atoms with Crippen molar-refractivity contribution in [2.75, 3.05) is 26.7 Å². The second-order valence-corrected chi connectivity index (χ2v) is 10.1. The van der Waals surface area contributed by atoms with E-state index in [1.165, 1.54) is 0 Å². The number of likely N-dealkylation sites (tertiary alicyclic amines) is 1.